The minimum absolute atomic E-state index is 0.102. The van der Waals surface area contributed by atoms with E-state index in [-0.39, 0.29) is 5.92 Å². The molecule has 1 N–H and O–H groups in total. The summed E-state index contributed by atoms with van der Waals surface area (Å²) in [5, 5.41) is 10.0. The fourth-order valence-corrected chi connectivity index (χ4v) is 1.71. The summed E-state index contributed by atoms with van der Waals surface area (Å²) in [7, 11) is 0. The van der Waals surface area contributed by atoms with Gasteiger partial charge in [-0.1, -0.05) is 12.2 Å². The number of hydrogen-bond donors (Lipinski definition) is 1. The minimum Gasteiger partial charge on any atom is -0.464 e. The molecule has 1 rings (SSSR count). The van der Waals surface area contributed by atoms with Crippen molar-refractivity contribution < 1.29 is 14.6 Å². The van der Waals surface area contributed by atoms with Crippen molar-refractivity contribution in [3.63, 3.8) is 0 Å². The van der Waals surface area contributed by atoms with Gasteiger partial charge in [0.25, 0.3) is 0 Å². The van der Waals surface area contributed by atoms with Crippen molar-refractivity contribution >= 4 is 5.97 Å². The van der Waals surface area contributed by atoms with E-state index in [4.69, 9.17) is 4.74 Å². The summed E-state index contributed by atoms with van der Waals surface area (Å²) in [5.74, 6) is -0.619. The first-order valence-electron chi connectivity index (χ1n) is 5.15. The number of hydrogen-bond acceptors (Lipinski definition) is 3. The smallest absolute Gasteiger partial charge is 0.338 e. The lowest BCUT2D eigenvalue weighted by Crippen LogP contribution is -2.44. The Hall–Kier alpha value is -0.830. The van der Waals surface area contributed by atoms with Gasteiger partial charge in [-0.15, -0.1) is 0 Å². The minimum atomic E-state index is -1.37. The van der Waals surface area contributed by atoms with Gasteiger partial charge in [0.2, 0.25) is 0 Å². The fourth-order valence-electron chi connectivity index (χ4n) is 1.71. The molecule has 14 heavy (non-hydrogen) atoms. The molecule has 2 unspecified atom stereocenters. The van der Waals surface area contributed by atoms with Gasteiger partial charge in [-0.05, 0) is 33.1 Å². The molecular formula is C11H18O3. The van der Waals surface area contributed by atoms with E-state index in [0.29, 0.717) is 6.61 Å². The average molecular weight is 198 g/mol. The molecule has 0 bridgehead atoms. The van der Waals surface area contributed by atoms with Crippen LogP contribution in [0, 0.1) is 5.92 Å². The van der Waals surface area contributed by atoms with Crippen molar-refractivity contribution in [1.29, 1.82) is 0 Å². The Balaban J connectivity index is 2.67. The van der Waals surface area contributed by atoms with Crippen LogP contribution in [-0.2, 0) is 9.53 Å². The zero-order chi connectivity index (χ0) is 10.6. The van der Waals surface area contributed by atoms with Crippen LogP contribution in [0.25, 0.3) is 0 Å². The lowest BCUT2D eigenvalue weighted by Gasteiger charge is -2.30. The number of allylic oxidation sites excluding steroid dienone is 1. The van der Waals surface area contributed by atoms with E-state index in [1.165, 1.54) is 6.92 Å². The zero-order valence-electron chi connectivity index (χ0n) is 8.82. The summed E-state index contributed by atoms with van der Waals surface area (Å²) < 4.78 is 4.84. The maximum absolute atomic E-state index is 11.5. The molecule has 0 aromatic carbocycles. The lowest BCUT2D eigenvalue weighted by molar-refractivity contribution is -0.167. The molecular weight excluding hydrogens is 180 g/mol. The zero-order valence-corrected chi connectivity index (χ0v) is 8.82. The monoisotopic (exact) mass is 198 g/mol. The summed E-state index contributed by atoms with van der Waals surface area (Å²) in [6, 6.07) is 0. The van der Waals surface area contributed by atoms with E-state index in [1.807, 2.05) is 12.2 Å². The number of rotatable bonds is 3. The summed E-state index contributed by atoms with van der Waals surface area (Å²) in [6.07, 6.45) is 6.84. The van der Waals surface area contributed by atoms with Gasteiger partial charge in [-0.2, -0.15) is 0 Å². The normalized spacial score (nSPS) is 25.5. The molecule has 0 heterocycles. The summed E-state index contributed by atoms with van der Waals surface area (Å²) in [5.41, 5.74) is -1.37. The molecule has 1 aliphatic carbocycles. The summed E-state index contributed by atoms with van der Waals surface area (Å²) >= 11 is 0. The third kappa shape index (κ3) is 2.35. The second kappa shape index (κ2) is 4.60. The molecule has 80 valence electrons. The Morgan fingerprint density at radius 2 is 2.43 bits per heavy atom. The molecule has 0 fully saturated rings. The van der Waals surface area contributed by atoms with E-state index in [9.17, 15) is 9.90 Å². The number of carbonyl (C=O) groups is 1. The topological polar surface area (TPSA) is 46.5 Å². The van der Waals surface area contributed by atoms with Gasteiger partial charge >= 0.3 is 5.97 Å². The van der Waals surface area contributed by atoms with Crippen LogP contribution in [0.4, 0.5) is 0 Å². The van der Waals surface area contributed by atoms with Crippen LogP contribution in [0.15, 0.2) is 12.2 Å². The standard InChI is InChI=1S/C11H18O3/c1-3-14-10(12)11(2,13)9-7-5-4-6-8-9/h5,7,9,13H,3-4,6,8H2,1-2H3. The largest absolute Gasteiger partial charge is 0.464 e. The van der Waals surface area contributed by atoms with Crippen molar-refractivity contribution in [3.8, 4) is 0 Å². The first-order valence-corrected chi connectivity index (χ1v) is 5.15. The first-order chi connectivity index (χ1) is 6.59. The Labute approximate surface area is 84.8 Å². The van der Waals surface area contributed by atoms with Crippen LogP contribution in [0.3, 0.4) is 0 Å². The Morgan fingerprint density at radius 3 is 2.93 bits per heavy atom. The number of esters is 1. The van der Waals surface area contributed by atoms with Crippen LogP contribution in [-0.4, -0.2) is 23.3 Å². The summed E-state index contributed by atoms with van der Waals surface area (Å²) in [4.78, 5) is 11.5. The third-order valence-corrected chi connectivity index (χ3v) is 2.67. The first kappa shape index (κ1) is 11.2. The second-order valence-electron chi connectivity index (χ2n) is 3.83. The van der Waals surface area contributed by atoms with Gasteiger partial charge in [0, 0.05) is 5.92 Å². The molecule has 2 atom stereocenters. The van der Waals surface area contributed by atoms with E-state index in [2.05, 4.69) is 0 Å². The average Bonchev–Trinajstić information content (AvgIpc) is 2.19. The maximum Gasteiger partial charge on any atom is 0.338 e. The van der Waals surface area contributed by atoms with Crippen molar-refractivity contribution in [2.24, 2.45) is 5.92 Å². The molecule has 0 aliphatic heterocycles. The number of ether oxygens (including phenoxy) is 1. The van der Waals surface area contributed by atoms with Gasteiger partial charge in [0.15, 0.2) is 5.60 Å². The quantitative estimate of drug-likeness (QED) is 0.554. The fraction of sp³-hybridized carbons (Fsp3) is 0.727. The molecule has 0 saturated heterocycles. The van der Waals surface area contributed by atoms with Gasteiger partial charge in [-0.3, -0.25) is 0 Å². The molecule has 0 amide bonds. The van der Waals surface area contributed by atoms with Crippen LogP contribution >= 0.6 is 0 Å². The van der Waals surface area contributed by atoms with Crippen molar-refractivity contribution in [3.05, 3.63) is 12.2 Å². The maximum atomic E-state index is 11.5. The predicted octanol–water partition coefficient (Wildman–Crippen LogP) is 1.66. The highest BCUT2D eigenvalue weighted by atomic mass is 16.5. The Kier molecular flexibility index (Phi) is 3.69. The van der Waals surface area contributed by atoms with Crippen LogP contribution in [0.2, 0.25) is 0 Å². The third-order valence-electron chi connectivity index (χ3n) is 2.67. The van der Waals surface area contributed by atoms with Gasteiger partial charge in [0.05, 0.1) is 6.61 Å². The van der Waals surface area contributed by atoms with Gasteiger partial charge in [0.1, 0.15) is 0 Å². The SMILES string of the molecule is CCOC(=O)C(C)(O)C1C=CCCC1. The molecule has 0 aromatic rings. The molecule has 0 radical (unpaired) electrons. The van der Waals surface area contributed by atoms with E-state index >= 15 is 0 Å². The summed E-state index contributed by atoms with van der Waals surface area (Å²) in [6.45, 7) is 3.58. The van der Waals surface area contributed by atoms with Gasteiger partial charge < -0.3 is 9.84 Å². The predicted molar refractivity (Wildman–Crippen MR) is 53.7 cm³/mol. The Morgan fingerprint density at radius 1 is 1.71 bits per heavy atom. The van der Waals surface area contributed by atoms with Crippen molar-refractivity contribution in [2.75, 3.05) is 6.61 Å². The molecule has 0 spiro atoms. The van der Waals surface area contributed by atoms with Crippen LogP contribution < -0.4 is 0 Å². The van der Waals surface area contributed by atoms with Crippen LogP contribution in [0.1, 0.15) is 33.1 Å². The molecule has 3 nitrogen and oxygen atoms in total. The molecule has 1 aliphatic rings. The van der Waals surface area contributed by atoms with Crippen molar-refractivity contribution in [2.45, 2.75) is 38.7 Å². The van der Waals surface area contributed by atoms with Crippen molar-refractivity contribution in [1.82, 2.24) is 0 Å². The van der Waals surface area contributed by atoms with E-state index in [1.54, 1.807) is 6.92 Å². The van der Waals surface area contributed by atoms with E-state index < -0.39 is 11.6 Å². The molecule has 0 aromatic heterocycles. The Bertz CT molecular complexity index is 231. The molecule has 0 saturated carbocycles. The van der Waals surface area contributed by atoms with E-state index in [0.717, 1.165) is 19.3 Å². The highest BCUT2D eigenvalue weighted by molar-refractivity contribution is 5.79. The second-order valence-corrected chi connectivity index (χ2v) is 3.83. The lowest BCUT2D eigenvalue weighted by atomic mass is 9.82. The molecule has 3 heteroatoms. The number of carbonyl (C=O) groups excluding carboxylic acids is 1. The van der Waals surface area contributed by atoms with Gasteiger partial charge in [-0.25, -0.2) is 4.79 Å². The highest BCUT2D eigenvalue weighted by Crippen LogP contribution is 2.28. The van der Waals surface area contributed by atoms with Crippen LogP contribution in [0.5, 0.6) is 0 Å². The number of aliphatic hydroxyl groups is 1. The highest BCUT2D eigenvalue weighted by Gasteiger charge is 2.39.